The number of halogens is 2. The third-order valence-electron chi connectivity index (χ3n) is 6.38. The summed E-state index contributed by atoms with van der Waals surface area (Å²) in [4.78, 5) is 33.8. The number of hydrogen-bond donors (Lipinski definition) is 1. The van der Waals surface area contributed by atoms with Gasteiger partial charge in [-0.2, -0.15) is 0 Å². The van der Waals surface area contributed by atoms with Crippen LogP contribution in [0.4, 0.5) is 0 Å². The molecule has 0 aliphatic carbocycles. The molecular weight excluding hydrogens is 433 g/mol. The highest BCUT2D eigenvalue weighted by molar-refractivity contribution is 6.35. The molecule has 3 heterocycles. The maximum atomic E-state index is 13.5. The molecule has 2 atom stereocenters. The van der Waals surface area contributed by atoms with Gasteiger partial charge in [0.25, 0.3) is 0 Å². The molecule has 0 saturated carbocycles. The molecule has 0 spiro atoms. The molecule has 0 radical (unpaired) electrons. The second-order valence-corrected chi connectivity index (χ2v) is 9.11. The number of carbonyl (C=O) groups is 2. The van der Waals surface area contributed by atoms with E-state index in [9.17, 15) is 9.59 Å². The van der Waals surface area contributed by atoms with Gasteiger partial charge in [-0.25, -0.2) is 0 Å². The minimum Gasteiger partial charge on any atom is -0.356 e. The highest BCUT2D eigenvalue weighted by Crippen LogP contribution is 2.44. The fourth-order valence-corrected chi connectivity index (χ4v) is 5.42. The number of fused-ring (bicyclic) bond motifs is 4. The molecule has 31 heavy (non-hydrogen) atoms. The van der Waals surface area contributed by atoms with Crippen LogP contribution in [0.25, 0.3) is 10.9 Å². The SMILES string of the molecule is CCCCN1CC(=O)N2[C@H](c3ccc(Cl)cc3Cl)c3[nH]c4ccccc4c3C[C@H]2C1=O. The molecule has 5 nitrogen and oxygen atoms in total. The highest BCUT2D eigenvalue weighted by Gasteiger charge is 2.48. The first-order valence-corrected chi connectivity index (χ1v) is 11.4. The van der Waals surface area contributed by atoms with Crippen molar-refractivity contribution in [1.82, 2.24) is 14.8 Å². The molecule has 2 aromatic carbocycles. The molecule has 0 unspecified atom stereocenters. The minimum atomic E-state index is -0.540. The van der Waals surface area contributed by atoms with E-state index in [0.717, 1.165) is 40.6 Å². The minimum absolute atomic E-state index is 0.0130. The Balaban J connectivity index is 1.69. The predicted octanol–water partition coefficient (Wildman–Crippen LogP) is 4.96. The lowest BCUT2D eigenvalue weighted by molar-refractivity contribution is -0.158. The number of nitrogens with zero attached hydrogens (tertiary/aromatic N) is 2. The van der Waals surface area contributed by atoms with Crippen molar-refractivity contribution in [3.8, 4) is 0 Å². The fourth-order valence-electron chi connectivity index (χ4n) is 4.91. The average Bonchev–Trinajstić information content (AvgIpc) is 3.13. The summed E-state index contributed by atoms with van der Waals surface area (Å²) in [6, 6.07) is 12.4. The van der Waals surface area contributed by atoms with Gasteiger partial charge in [0, 0.05) is 39.6 Å². The van der Waals surface area contributed by atoms with Crippen LogP contribution in [0, 0.1) is 0 Å². The molecule has 3 aromatic rings. The van der Waals surface area contributed by atoms with E-state index in [-0.39, 0.29) is 18.4 Å². The summed E-state index contributed by atoms with van der Waals surface area (Å²) in [5, 5.41) is 2.10. The number of H-pyrrole nitrogens is 1. The molecule has 2 aliphatic heterocycles. The zero-order chi connectivity index (χ0) is 21.7. The van der Waals surface area contributed by atoms with Gasteiger partial charge in [0.1, 0.15) is 6.04 Å². The Morgan fingerprint density at radius 2 is 1.94 bits per heavy atom. The van der Waals surface area contributed by atoms with E-state index in [1.165, 1.54) is 0 Å². The first-order valence-electron chi connectivity index (χ1n) is 10.6. The maximum Gasteiger partial charge on any atom is 0.246 e. The number of benzene rings is 2. The first kappa shape index (κ1) is 20.4. The summed E-state index contributed by atoms with van der Waals surface area (Å²) >= 11 is 12.8. The Labute approximate surface area is 190 Å². The standard InChI is InChI=1S/C24H23Cl2N3O2/c1-2-3-10-28-13-21(30)29-20(24(28)31)12-17-15-6-4-5-7-19(15)27-22(17)23(29)16-9-8-14(25)11-18(16)26/h4-9,11,20,23,27H,2-3,10,12-13H2,1H3/t20-,23+/m0/s1. The lowest BCUT2D eigenvalue weighted by Crippen LogP contribution is -2.63. The molecule has 2 amide bonds. The molecule has 160 valence electrons. The predicted molar refractivity (Wildman–Crippen MR) is 122 cm³/mol. The van der Waals surface area contributed by atoms with Crippen molar-refractivity contribution in [2.75, 3.05) is 13.1 Å². The number of unbranched alkanes of at least 4 members (excludes halogenated alkanes) is 1. The number of aromatic nitrogens is 1. The Morgan fingerprint density at radius 3 is 2.71 bits per heavy atom. The number of piperazine rings is 1. The highest BCUT2D eigenvalue weighted by atomic mass is 35.5. The smallest absolute Gasteiger partial charge is 0.246 e. The van der Waals surface area contributed by atoms with Gasteiger partial charge >= 0.3 is 0 Å². The first-order chi connectivity index (χ1) is 15.0. The molecule has 0 bridgehead atoms. The van der Waals surface area contributed by atoms with E-state index in [2.05, 4.69) is 18.0 Å². The quantitative estimate of drug-likeness (QED) is 0.604. The number of rotatable bonds is 4. The lowest BCUT2D eigenvalue weighted by Gasteiger charge is -2.47. The van der Waals surface area contributed by atoms with Crippen LogP contribution in [0.5, 0.6) is 0 Å². The van der Waals surface area contributed by atoms with Crippen molar-refractivity contribution in [2.24, 2.45) is 0 Å². The normalized spacial score (nSPS) is 20.9. The molecule has 1 fully saturated rings. The number of nitrogens with one attached hydrogen (secondary N) is 1. The molecule has 1 saturated heterocycles. The van der Waals surface area contributed by atoms with Crippen molar-refractivity contribution in [3.63, 3.8) is 0 Å². The van der Waals surface area contributed by atoms with Crippen LogP contribution in [-0.2, 0) is 16.0 Å². The summed E-state index contributed by atoms with van der Waals surface area (Å²) in [6.45, 7) is 2.80. The van der Waals surface area contributed by atoms with Gasteiger partial charge in [0.2, 0.25) is 11.8 Å². The Morgan fingerprint density at radius 1 is 1.13 bits per heavy atom. The number of amides is 2. The second kappa shape index (κ2) is 7.88. The average molecular weight is 456 g/mol. The van der Waals surface area contributed by atoms with Crippen molar-refractivity contribution >= 4 is 45.9 Å². The maximum absolute atomic E-state index is 13.5. The van der Waals surface area contributed by atoms with E-state index >= 15 is 0 Å². The Bertz CT molecular complexity index is 1190. The number of aromatic amines is 1. The molecule has 1 N–H and O–H groups in total. The van der Waals surface area contributed by atoms with E-state index in [4.69, 9.17) is 23.2 Å². The van der Waals surface area contributed by atoms with E-state index in [1.54, 1.807) is 21.9 Å². The van der Waals surface area contributed by atoms with Gasteiger partial charge in [-0.3, -0.25) is 9.59 Å². The number of carbonyl (C=O) groups excluding carboxylic acids is 2. The summed E-state index contributed by atoms with van der Waals surface area (Å²) in [5.74, 6) is -0.0416. The molecule has 2 aliphatic rings. The topological polar surface area (TPSA) is 56.4 Å². The summed E-state index contributed by atoms with van der Waals surface area (Å²) in [6.07, 6.45) is 2.35. The zero-order valence-electron chi connectivity index (χ0n) is 17.2. The summed E-state index contributed by atoms with van der Waals surface area (Å²) < 4.78 is 0. The van der Waals surface area contributed by atoms with Crippen LogP contribution >= 0.6 is 23.2 Å². The van der Waals surface area contributed by atoms with Crippen LogP contribution in [0.15, 0.2) is 42.5 Å². The largest absolute Gasteiger partial charge is 0.356 e. The van der Waals surface area contributed by atoms with Gasteiger partial charge in [-0.15, -0.1) is 0 Å². The zero-order valence-corrected chi connectivity index (χ0v) is 18.7. The monoisotopic (exact) mass is 455 g/mol. The lowest BCUT2D eigenvalue weighted by atomic mass is 9.86. The van der Waals surface area contributed by atoms with E-state index < -0.39 is 12.1 Å². The van der Waals surface area contributed by atoms with Gasteiger partial charge in [-0.1, -0.05) is 60.8 Å². The van der Waals surface area contributed by atoms with Crippen molar-refractivity contribution in [2.45, 2.75) is 38.3 Å². The summed E-state index contributed by atoms with van der Waals surface area (Å²) in [5.41, 5.74) is 3.76. The molecule has 5 rings (SSSR count). The van der Waals surface area contributed by atoms with Crippen molar-refractivity contribution in [1.29, 1.82) is 0 Å². The van der Waals surface area contributed by atoms with Gasteiger partial charge in [0.05, 0.1) is 12.6 Å². The fraction of sp³-hybridized carbons (Fsp3) is 0.333. The van der Waals surface area contributed by atoms with Gasteiger partial charge in [-0.05, 0) is 35.7 Å². The number of hydrogen-bond acceptors (Lipinski definition) is 2. The third-order valence-corrected chi connectivity index (χ3v) is 6.94. The molecule has 7 heteroatoms. The van der Waals surface area contributed by atoms with Crippen LogP contribution < -0.4 is 0 Å². The van der Waals surface area contributed by atoms with Crippen molar-refractivity contribution in [3.05, 3.63) is 69.3 Å². The summed E-state index contributed by atoms with van der Waals surface area (Å²) in [7, 11) is 0. The van der Waals surface area contributed by atoms with E-state index in [1.807, 2.05) is 24.3 Å². The van der Waals surface area contributed by atoms with E-state index in [0.29, 0.717) is 23.0 Å². The third kappa shape index (κ3) is 3.31. The molecular formula is C24H23Cl2N3O2. The Kier molecular flexibility index (Phi) is 5.19. The van der Waals surface area contributed by atoms with Crippen LogP contribution in [-0.4, -0.2) is 45.7 Å². The van der Waals surface area contributed by atoms with Crippen LogP contribution in [0.2, 0.25) is 10.0 Å². The van der Waals surface area contributed by atoms with Crippen molar-refractivity contribution < 1.29 is 9.59 Å². The number of para-hydroxylation sites is 1. The van der Waals surface area contributed by atoms with Gasteiger partial charge < -0.3 is 14.8 Å². The van der Waals surface area contributed by atoms with Crippen LogP contribution in [0.3, 0.4) is 0 Å². The van der Waals surface area contributed by atoms with Gasteiger partial charge in [0.15, 0.2) is 0 Å². The van der Waals surface area contributed by atoms with Crippen LogP contribution in [0.1, 0.15) is 42.6 Å². The molecule has 1 aromatic heterocycles. The second-order valence-electron chi connectivity index (χ2n) is 8.27. The Hall–Kier alpha value is -2.50.